The number of aryl methyl sites for hydroxylation is 1. The number of nitrogen functional groups attached to an aromatic ring is 1. The van der Waals surface area contributed by atoms with E-state index in [9.17, 15) is 0 Å². The number of nitrogens with two attached hydrogens (primary N) is 1. The van der Waals surface area contributed by atoms with Crippen molar-refractivity contribution in [2.45, 2.75) is 6.92 Å². The SMILES string of the molecule is Cc1[nH]nc(N)c1C#CCN=[N+]=[N-]. The highest BCUT2D eigenvalue weighted by Crippen LogP contribution is 2.09. The molecule has 0 aliphatic carbocycles. The van der Waals surface area contributed by atoms with E-state index in [0.29, 0.717) is 11.4 Å². The number of rotatable bonds is 1. The van der Waals surface area contributed by atoms with Crippen LogP contribution in [0.1, 0.15) is 11.3 Å². The van der Waals surface area contributed by atoms with Crippen LogP contribution < -0.4 is 5.73 Å². The Balaban J connectivity index is 2.82. The van der Waals surface area contributed by atoms with E-state index in [0.717, 1.165) is 5.69 Å². The van der Waals surface area contributed by atoms with E-state index in [1.165, 1.54) is 0 Å². The van der Waals surface area contributed by atoms with Gasteiger partial charge in [-0.15, -0.1) is 0 Å². The lowest BCUT2D eigenvalue weighted by atomic mass is 10.2. The van der Waals surface area contributed by atoms with E-state index >= 15 is 0 Å². The maximum atomic E-state index is 7.98. The van der Waals surface area contributed by atoms with Crippen LogP contribution in [0.4, 0.5) is 5.82 Å². The van der Waals surface area contributed by atoms with Crippen molar-refractivity contribution in [3.05, 3.63) is 21.7 Å². The summed E-state index contributed by atoms with van der Waals surface area (Å²) in [4.78, 5) is 2.57. The molecule has 0 saturated heterocycles. The van der Waals surface area contributed by atoms with Crippen molar-refractivity contribution in [3.63, 3.8) is 0 Å². The van der Waals surface area contributed by atoms with Crippen LogP contribution in [-0.4, -0.2) is 16.7 Å². The normalized spacial score (nSPS) is 8.38. The molecule has 0 unspecified atom stereocenters. The molecule has 1 rings (SSSR count). The van der Waals surface area contributed by atoms with E-state index in [4.69, 9.17) is 11.3 Å². The molecule has 0 spiro atoms. The van der Waals surface area contributed by atoms with Crippen molar-refractivity contribution in [2.75, 3.05) is 12.3 Å². The molecular weight excluding hydrogens is 168 g/mol. The lowest BCUT2D eigenvalue weighted by Crippen LogP contribution is -1.87. The molecule has 1 aromatic heterocycles. The summed E-state index contributed by atoms with van der Waals surface area (Å²) in [5.74, 6) is 5.79. The zero-order valence-corrected chi connectivity index (χ0v) is 7.07. The van der Waals surface area contributed by atoms with Gasteiger partial charge in [-0.25, -0.2) is 0 Å². The van der Waals surface area contributed by atoms with Crippen LogP contribution in [0, 0.1) is 18.8 Å². The van der Waals surface area contributed by atoms with Crippen LogP contribution in [0.5, 0.6) is 0 Å². The molecule has 0 saturated carbocycles. The number of H-pyrrole nitrogens is 1. The Morgan fingerprint density at radius 2 is 2.54 bits per heavy atom. The summed E-state index contributed by atoms with van der Waals surface area (Å²) in [5, 5.41) is 9.72. The minimum atomic E-state index is 0.139. The second-order valence-electron chi connectivity index (χ2n) is 2.30. The van der Waals surface area contributed by atoms with Crippen molar-refractivity contribution >= 4 is 5.82 Å². The summed E-state index contributed by atoms with van der Waals surface area (Å²) in [7, 11) is 0. The molecule has 0 atom stereocenters. The maximum absolute atomic E-state index is 7.98. The van der Waals surface area contributed by atoms with Crippen LogP contribution in [-0.2, 0) is 0 Å². The van der Waals surface area contributed by atoms with Crippen LogP contribution in [0.3, 0.4) is 0 Å². The van der Waals surface area contributed by atoms with Gasteiger partial charge in [0.05, 0.1) is 12.1 Å². The van der Waals surface area contributed by atoms with Gasteiger partial charge in [0.2, 0.25) is 0 Å². The van der Waals surface area contributed by atoms with E-state index in [2.05, 4.69) is 32.1 Å². The minimum absolute atomic E-state index is 0.139. The topological polar surface area (TPSA) is 103 Å². The van der Waals surface area contributed by atoms with Crippen molar-refractivity contribution in [3.8, 4) is 11.8 Å². The number of azide groups is 1. The first-order valence-corrected chi connectivity index (χ1v) is 3.56. The first-order valence-electron chi connectivity index (χ1n) is 3.56. The molecule has 0 aliphatic rings. The van der Waals surface area contributed by atoms with Crippen LogP contribution >= 0.6 is 0 Å². The molecule has 0 aromatic carbocycles. The van der Waals surface area contributed by atoms with E-state index in [-0.39, 0.29) is 6.54 Å². The molecule has 6 heteroatoms. The van der Waals surface area contributed by atoms with Crippen LogP contribution in [0.15, 0.2) is 5.11 Å². The predicted octanol–water partition coefficient (Wildman–Crippen LogP) is 0.962. The second kappa shape index (κ2) is 4.04. The fourth-order valence-corrected chi connectivity index (χ4v) is 0.801. The standard InChI is InChI=1S/C7H8N6/c1-5-6(7(8)12-11-5)3-2-4-10-13-9/h4H2,1H3,(H3,8,11,12). The summed E-state index contributed by atoms with van der Waals surface area (Å²) in [6, 6.07) is 0. The van der Waals surface area contributed by atoms with Gasteiger partial charge in [0.15, 0.2) is 5.82 Å². The Labute approximate surface area is 74.8 Å². The van der Waals surface area contributed by atoms with Gasteiger partial charge in [-0.05, 0) is 12.5 Å². The highest BCUT2D eigenvalue weighted by Gasteiger charge is 2.01. The monoisotopic (exact) mass is 176 g/mol. The Morgan fingerprint density at radius 3 is 3.08 bits per heavy atom. The fraction of sp³-hybridized carbons (Fsp3) is 0.286. The van der Waals surface area contributed by atoms with Gasteiger partial charge >= 0.3 is 0 Å². The highest BCUT2D eigenvalue weighted by atomic mass is 15.2. The van der Waals surface area contributed by atoms with Gasteiger partial charge in [-0.2, -0.15) is 5.10 Å². The number of hydrogen-bond donors (Lipinski definition) is 2. The third kappa shape index (κ3) is 2.15. The van der Waals surface area contributed by atoms with Crippen LogP contribution in [0.2, 0.25) is 0 Å². The third-order valence-electron chi connectivity index (χ3n) is 1.40. The summed E-state index contributed by atoms with van der Waals surface area (Å²) >= 11 is 0. The van der Waals surface area contributed by atoms with Crippen molar-refractivity contribution in [1.29, 1.82) is 0 Å². The van der Waals surface area contributed by atoms with E-state index in [1.54, 1.807) is 0 Å². The quantitative estimate of drug-likeness (QED) is 0.288. The van der Waals surface area contributed by atoms with Gasteiger partial charge in [0, 0.05) is 10.6 Å². The molecule has 66 valence electrons. The van der Waals surface area contributed by atoms with Gasteiger partial charge in [0.25, 0.3) is 0 Å². The zero-order chi connectivity index (χ0) is 9.68. The summed E-state index contributed by atoms with van der Waals surface area (Å²) in [5.41, 5.74) is 15.0. The summed E-state index contributed by atoms with van der Waals surface area (Å²) in [6.07, 6.45) is 0. The number of aromatic nitrogens is 2. The van der Waals surface area contributed by atoms with Crippen molar-refractivity contribution < 1.29 is 0 Å². The highest BCUT2D eigenvalue weighted by molar-refractivity contribution is 5.53. The number of nitrogens with zero attached hydrogens (tertiary/aromatic N) is 4. The van der Waals surface area contributed by atoms with Gasteiger partial charge in [0.1, 0.15) is 0 Å². The average molecular weight is 176 g/mol. The van der Waals surface area contributed by atoms with Gasteiger partial charge in [-0.3, -0.25) is 5.10 Å². The molecular formula is C7H8N6. The smallest absolute Gasteiger partial charge is 0.161 e. The van der Waals surface area contributed by atoms with E-state index < -0.39 is 0 Å². The Kier molecular flexibility index (Phi) is 2.79. The molecule has 13 heavy (non-hydrogen) atoms. The molecule has 0 fully saturated rings. The molecule has 1 heterocycles. The molecule has 0 bridgehead atoms. The van der Waals surface area contributed by atoms with Gasteiger partial charge < -0.3 is 5.73 Å². The van der Waals surface area contributed by atoms with Crippen molar-refractivity contribution in [1.82, 2.24) is 10.2 Å². The summed E-state index contributed by atoms with van der Waals surface area (Å²) < 4.78 is 0. The second-order valence-corrected chi connectivity index (χ2v) is 2.30. The first kappa shape index (κ1) is 8.97. The maximum Gasteiger partial charge on any atom is 0.161 e. The number of hydrogen-bond acceptors (Lipinski definition) is 3. The lowest BCUT2D eigenvalue weighted by Gasteiger charge is -1.85. The number of nitrogens with one attached hydrogen (secondary N) is 1. The average Bonchev–Trinajstić information content (AvgIpc) is 2.42. The number of aromatic amines is 1. The molecule has 1 aromatic rings. The fourth-order valence-electron chi connectivity index (χ4n) is 0.801. The predicted molar refractivity (Wildman–Crippen MR) is 48.6 cm³/mol. The Hall–Kier alpha value is -2.12. The Bertz CT molecular complexity index is 381. The molecule has 0 aliphatic heterocycles. The minimum Gasteiger partial charge on any atom is -0.381 e. The van der Waals surface area contributed by atoms with Crippen molar-refractivity contribution in [2.24, 2.45) is 5.11 Å². The lowest BCUT2D eigenvalue weighted by molar-refractivity contribution is 1.05. The molecule has 3 N–H and O–H groups in total. The third-order valence-corrected chi connectivity index (χ3v) is 1.40. The zero-order valence-electron chi connectivity index (χ0n) is 7.07. The van der Waals surface area contributed by atoms with Crippen LogP contribution in [0.25, 0.3) is 10.4 Å². The largest absolute Gasteiger partial charge is 0.381 e. The molecule has 6 nitrogen and oxygen atoms in total. The van der Waals surface area contributed by atoms with Gasteiger partial charge in [-0.1, -0.05) is 17.0 Å². The molecule has 0 radical (unpaired) electrons. The number of anilines is 1. The molecule has 0 amide bonds. The van der Waals surface area contributed by atoms with E-state index in [1.807, 2.05) is 6.92 Å². The Morgan fingerprint density at radius 1 is 1.77 bits per heavy atom. The summed E-state index contributed by atoms with van der Waals surface area (Å²) in [6.45, 7) is 1.96. The first-order chi connectivity index (χ1) is 6.25.